The van der Waals surface area contributed by atoms with Crippen molar-refractivity contribution >= 4 is 11.0 Å². The average molecular weight is 362 g/mol. The average Bonchev–Trinajstić information content (AvgIpc) is 3.17. The van der Waals surface area contributed by atoms with Gasteiger partial charge in [-0.25, -0.2) is 4.79 Å². The SMILES string of the molecule is COCc1ccc2c(-c3ccc(-c4ccccc4OC)o3)cc(=O)oc2c1. The Hall–Kier alpha value is -3.31. The molecular weight excluding hydrogens is 344 g/mol. The maximum Gasteiger partial charge on any atom is 0.336 e. The molecular formula is C22H18O5. The molecule has 0 saturated heterocycles. The summed E-state index contributed by atoms with van der Waals surface area (Å²) in [5.41, 5.74) is 2.54. The minimum absolute atomic E-state index is 0.428. The lowest BCUT2D eigenvalue weighted by atomic mass is 10.1. The number of para-hydroxylation sites is 1. The fourth-order valence-corrected chi connectivity index (χ4v) is 3.14. The Balaban J connectivity index is 1.83. The molecule has 0 aliphatic carbocycles. The predicted molar refractivity (Wildman–Crippen MR) is 103 cm³/mol. The first-order valence-corrected chi connectivity index (χ1v) is 8.49. The standard InChI is InChI=1S/C22H18O5/c1-24-13-14-7-8-15-17(12-22(23)27-21(15)11-14)20-10-9-19(26-20)16-5-3-4-6-18(16)25-2/h3-12H,13H2,1-2H3. The second-order valence-corrected chi connectivity index (χ2v) is 6.11. The Morgan fingerprint density at radius 1 is 0.852 bits per heavy atom. The van der Waals surface area contributed by atoms with Crippen molar-refractivity contribution in [3.8, 4) is 28.4 Å². The van der Waals surface area contributed by atoms with E-state index in [0.717, 1.165) is 22.3 Å². The van der Waals surface area contributed by atoms with Gasteiger partial charge in [-0.2, -0.15) is 0 Å². The van der Waals surface area contributed by atoms with Crippen LogP contribution in [0.3, 0.4) is 0 Å². The molecule has 136 valence electrons. The van der Waals surface area contributed by atoms with E-state index in [2.05, 4.69) is 0 Å². The summed E-state index contributed by atoms with van der Waals surface area (Å²) in [5.74, 6) is 1.98. The third-order valence-electron chi connectivity index (χ3n) is 4.36. The van der Waals surface area contributed by atoms with Crippen molar-refractivity contribution in [2.24, 2.45) is 0 Å². The van der Waals surface area contributed by atoms with Gasteiger partial charge in [-0.1, -0.05) is 24.3 Å². The highest BCUT2D eigenvalue weighted by atomic mass is 16.5. The first-order valence-electron chi connectivity index (χ1n) is 8.49. The van der Waals surface area contributed by atoms with Crippen LogP contribution >= 0.6 is 0 Å². The maximum absolute atomic E-state index is 12.1. The Kier molecular flexibility index (Phi) is 4.52. The smallest absolute Gasteiger partial charge is 0.336 e. The quantitative estimate of drug-likeness (QED) is 0.474. The van der Waals surface area contributed by atoms with Crippen molar-refractivity contribution in [2.75, 3.05) is 14.2 Å². The maximum atomic E-state index is 12.1. The van der Waals surface area contributed by atoms with Crippen LogP contribution < -0.4 is 10.4 Å². The first kappa shape index (κ1) is 17.1. The zero-order chi connectivity index (χ0) is 18.8. The summed E-state index contributed by atoms with van der Waals surface area (Å²) in [6, 6.07) is 18.5. The van der Waals surface area contributed by atoms with Gasteiger partial charge < -0.3 is 18.3 Å². The molecule has 2 heterocycles. The first-order chi connectivity index (χ1) is 13.2. The van der Waals surface area contributed by atoms with Crippen LogP contribution in [0.4, 0.5) is 0 Å². The molecule has 0 saturated carbocycles. The molecule has 0 fully saturated rings. The number of fused-ring (bicyclic) bond motifs is 1. The number of rotatable bonds is 5. The molecule has 4 rings (SSSR count). The minimum Gasteiger partial charge on any atom is -0.496 e. The largest absolute Gasteiger partial charge is 0.496 e. The van der Waals surface area contributed by atoms with Crippen LogP contribution in [0.2, 0.25) is 0 Å². The van der Waals surface area contributed by atoms with Crippen LogP contribution in [0.5, 0.6) is 5.75 Å². The Bertz CT molecular complexity index is 1150. The molecule has 5 heteroatoms. The lowest BCUT2D eigenvalue weighted by Crippen LogP contribution is -1.98. The number of hydrogen-bond donors (Lipinski definition) is 0. The van der Waals surface area contributed by atoms with Gasteiger partial charge >= 0.3 is 5.63 Å². The van der Waals surface area contributed by atoms with Gasteiger partial charge in [0.15, 0.2) is 0 Å². The number of ether oxygens (including phenoxy) is 2. The van der Waals surface area contributed by atoms with Crippen LogP contribution in [0.25, 0.3) is 33.6 Å². The zero-order valence-electron chi connectivity index (χ0n) is 15.0. The summed E-state index contributed by atoms with van der Waals surface area (Å²) in [5, 5.41) is 0.801. The predicted octanol–water partition coefficient (Wildman–Crippen LogP) is 4.88. The second kappa shape index (κ2) is 7.13. The van der Waals surface area contributed by atoms with E-state index in [9.17, 15) is 4.79 Å². The third kappa shape index (κ3) is 3.25. The summed E-state index contributed by atoms with van der Waals surface area (Å²) in [7, 11) is 3.25. The fourth-order valence-electron chi connectivity index (χ4n) is 3.14. The summed E-state index contributed by atoms with van der Waals surface area (Å²) >= 11 is 0. The molecule has 4 aromatic rings. The van der Waals surface area contributed by atoms with E-state index in [1.165, 1.54) is 6.07 Å². The van der Waals surface area contributed by atoms with Gasteiger partial charge in [-0.05, 0) is 35.9 Å². The second-order valence-electron chi connectivity index (χ2n) is 6.11. The molecule has 0 spiro atoms. The van der Waals surface area contributed by atoms with Gasteiger partial charge in [-0.3, -0.25) is 0 Å². The Labute approximate surface area is 155 Å². The normalized spacial score (nSPS) is 11.0. The molecule has 5 nitrogen and oxygen atoms in total. The van der Waals surface area contributed by atoms with Crippen molar-refractivity contribution < 1.29 is 18.3 Å². The molecule has 0 N–H and O–H groups in total. The van der Waals surface area contributed by atoms with Crippen LogP contribution in [0.15, 0.2) is 74.3 Å². The molecule has 0 aliphatic rings. The lowest BCUT2D eigenvalue weighted by molar-refractivity contribution is 0.185. The van der Waals surface area contributed by atoms with Crippen LogP contribution in [-0.2, 0) is 11.3 Å². The number of methoxy groups -OCH3 is 2. The van der Waals surface area contributed by atoms with Crippen molar-refractivity contribution in [3.05, 3.63) is 76.6 Å². The van der Waals surface area contributed by atoms with Gasteiger partial charge in [0.2, 0.25) is 0 Å². The fraction of sp³-hybridized carbons (Fsp3) is 0.136. The topological polar surface area (TPSA) is 61.8 Å². The molecule has 0 unspecified atom stereocenters. The van der Waals surface area contributed by atoms with E-state index >= 15 is 0 Å². The number of hydrogen-bond acceptors (Lipinski definition) is 5. The Morgan fingerprint density at radius 2 is 1.63 bits per heavy atom. The van der Waals surface area contributed by atoms with Crippen molar-refractivity contribution in [1.29, 1.82) is 0 Å². The minimum atomic E-state index is -0.428. The third-order valence-corrected chi connectivity index (χ3v) is 4.36. The van der Waals surface area contributed by atoms with Gasteiger partial charge in [0.05, 0.1) is 19.3 Å². The van der Waals surface area contributed by atoms with Gasteiger partial charge in [0, 0.05) is 24.1 Å². The van der Waals surface area contributed by atoms with E-state index in [0.29, 0.717) is 29.3 Å². The van der Waals surface area contributed by atoms with E-state index in [1.807, 2.05) is 54.6 Å². The van der Waals surface area contributed by atoms with Crippen molar-refractivity contribution in [2.45, 2.75) is 6.61 Å². The van der Waals surface area contributed by atoms with Crippen LogP contribution in [0.1, 0.15) is 5.56 Å². The van der Waals surface area contributed by atoms with E-state index < -0.39 is 5.63 Å². The monoisotopic (exact) mass is 362 g/mol. The molecule has 2 aromatic heterocycles. The van der Waals surface area contributed by atoms with E-state index in [4.69, 9.17) is 18.3 Å². The van der Waals surface area contributed by atoms with E-state index in [1.54, 1.807) is 14.2 Å². The molecule has 2 aromatic carbocycles. The van der Waals surface area contributed by atoms with Gasteiger partial charge in [0.1, 0.15) is 22.9 Å². The highest BCUT2D eigenvalue weighted by Crippen LogP contribution is 2.35. The lowest BCUT2D eigenvalue weighted by Gasteiger charge is -2.06. The van der Waals surface area contributed by atoms with Crippen LogP contribution in [0, 0.1) is 0 Å². The highest BCUT2D eigenvalue weighted by Gasteiger charge is 2.15. The molecule has 0 aliphatic heterocycles. The zero-order valence-corrected chi connectivity index (χ0v) is 15.0. The summed E-state index contributed by atoms with van der Waals surface area (Å²) < 4.78 is 22.0. The molecule has 0 bridgehead atoms. The molecule has 27 heavy (non-hydrogen) atoms. The summed E-state index contributed by atoms with van der Waals surface area (Å²) in [6.45, 7) is 0.447. The summed E-state index contributed by atoms with van der Waals surface area (Å²) in [6.07, 6.45) is 0. The van der Waals surface area contributed by atoms with Gasteiger partial charge in [-0.15, -0.1) is 0 Å². The van der Waals surface area contributed by atoms with Crippen molar-refractivity contribution in [1.82, 2.24) is 0 Å². The highest BCUT2D eigenvalue weighted by molar-refractivity contribution is 5.92. The van der Waals surface area contributed by atoms with Gasteiger partial charge in [0.25, 0.3) is 0 Å². The molecule has 0 atom stereocenters. The van der Waals surface area contributed by atoms with Crippen LogP contribution in [-0.4, -0.2) is 14.2 Å². The number of furan rings is 1. The summed E-state index contributed by atoms with van der Waals surface area (Å²) in [4.78, 5) is 12.1. The molecule has 0 amide bonds. The van der Waals surface area contributed by atoms with E-state index in [-0.39, 0.29) is 0 Å². The Morgan fingerprint density at radius 3 is 2.41 bits per heavy atom. The molecule has 0 radical (unpaired) electrons. The van der Waals surface area contributed by atoms with Crippen molar-refractivity contribution in [3.63, 3.8) is 0 Å². The number of benzene rings is 2.